The van der Waals surface area contributed by atoms with Crippen LogP contribution in [-0.2, 0) is 16.0 Å². The van der Waals surface area contributed by atoms with Gasteiger partial charge in [-0.2, -0.15) is 0 Å². The maximum absolute atomic E-state index is 12.6. The summed E-state index contributed by atoms with van der Waals surface area (Å²) in [7, 11) is 0. The Bertz CT molecular complexity index is 1490. The van der Waals surface area contributed by atoms with Crippen LogP contribution in [-0.4, -0.2) is 42.4 Å². The molecule has 0 amide bonds. The summed E-state index contributed by atoms with van der Waals surface area (Å²) in [5.41, 5.74) is 1.34. The zero-order valence-electron chi connectivity index (χ0n) is 18.0. The van der Waals surface area contributed by atoms with Gasteiger partial charge in [-0.1, -0.05) is 48.5 Å². The van der Waals surface area contributed by atoms with Crippen LogP contribution in [0.15, 0.2) is 76.8 Å². The third-order valence-corrected chi connectivity index (χ3v) is 6.81. The third kappa shape index (κ3) is 3.94. The van der Waals surface area contributed by atoms with Crippen LogP contribution in [0.3, 0.4) is 0 Å². The van der Waals surface area contributed by atoms with E-state index in [4.69, 9.17) is 4.42 Å². The lowest BCUT2D eigenvalue weighted by molar-refractivity contribution is -0.141. The molecular formula is C25H21N3O5S. The van der Waals surface area contributed by atoms with E-state index in [1.54, 1.807) is 17.0 Å². The molecule has 0 aliphatic carbocycles. The summed E-state index contributed by atoms with van der Waals surface area (Å²) in [5, 5.41) is 23.7. The highest BCUT2D eigenvalue weighted by Gasteiger charge is 2.31. The molecule has 0 aliphatic rings. The highest BCUT2D eigenvalue weighted by molar-refractivity contribution is 7.99. The number of aliphatic carboxylic acids is 2. The number of aromatic amines is 1. The largest absolute Gasteiger partial charge is 0.481 e. The monoisotopic (exact) mass is 475 g/mol. The Hall–Kier alpha value is -3.98. The highest BCUT2D eigenvalue weighted by Crippen LogP contribution is 2.44. The number of carboxylic acids is 2. The second-order valence-corrected chi connectivity index (χ2v) is 8.93. The van der Waals surface area contributed by atoms with Crippen molar-refractivity contribution in [2.24, 2.45) is 0 Å². The van der Waals surface area contributed by atoms with Gasteiger partial charge in [0.25, 0.3) is 0 Å². The SMILES string of the molecule is O=C(O)CCSc1c2ccccc2c(-c2occ3ccccc23)n1C(Cc1cnc[nH]1)C(=O)O. The lowest BCUT2D eigenvalue weighted by atomic mass is 10.1. The van der Waals surface area contributed by atoms with Crippen molar-refractivity contribution in [3.05, 3.63) is 73.0 Å². The fourth-order valence-electron chi connectivity index (χ4n) is 4.22. The third-order valence-electron chi connectivity index (χ3n) is 5.72. The summed E-state index contributed by atoms with van der Waals surface area (Å²) in [5.74, 6) is -1.03. The normalized spacial score (nSPS) is 12.4. The number of nitrogens with one attached hydrogen (secondary N) is 1. The van der Waals surface area contributed by atoms with Crippen LogP contribution in [0.1, 0.15) is 18.2 Å². The molecule has 5 aromatic rings. The van der Waals surface area contributed by atoms with Gasteiger partial charge in [0, 0.05) is 45.6 Å². The second kappa shape index (κ2) is 9.11. The molecule has 34 heavy (non-hydrogen) atoms. The van der Waals surface area contributed by atoms with Crippen LogP contribution in [0.2, 0.25) is 0 Å². The number of benzene rings is 2. The molecule has 0 saturated carbocycles. The average Bonchev–Trinajstić information content (AvgIpc) is 3.55. The molecule has 0 radical (unpaired) electrons. The Balaban J connectivity index is 1.78. The molecule has 0 fully saturated rings. The first kappa shape index (κ1) is 21.8. The summed E-state index contributed by atoms with van der Waals surface area (Å²) in [4.78, 5) is 30.8. The molecule has 2 aromatic carbocycles. The van der Waals surface area contributed by atoms with Crippen LogP contribution in [0.4, 0.5) is 0 Å². The van der Waals surface area contributed by atoms with Gasteiger partial charge in [-0.3, -0.25) is 4.79 Å². The molecule has 9 heteroatoms. The molecule has 0 aliphatic heterocycles. The zero-order valence-corrected chi connectivity index (χ0v) is 18.8. The minimum Gasteiger partial charge on any atom is -0.481 e. The molecule has 0 saturated heterocycles. The Labute approximate surface area is 198 Å². The van der Waals surface area contributed by atoms with E-state index in [9.17, 15) is 19.8 Å². The van der Waals surface area contributed by atoms with E-state index in [0.29, 0.717) is 27.9 Å². The maximum atomic E-state index is 12.6. The van der Waals surface area contributed by atoms with E-state index in [2.05, 4.69) is 9.97 Å². The fraction of sp³-hybridized carbons (Fsp3) is 0.160. The topological polar surface area (TPSA) is 121 Å². The number of carboxylic acid groups (broad SMARTS) is 2. The van der Waals surface area contributed by atoms with Gasteiger partial charge in [-0.15, -0.1) is 11.8 Å². The fourth-order valence-corrected chi connectivity index (χ4v) is 5.38. The van der Waals surface area contributed by atoms with Gasteiger partial charge >= 0.3 is 11.9 Å². The number of fused-ring (bicyclic) bond motifs is 2. The number of carbonyl (C=O) groups is 2. The number of imidazole rings is 1. The number of aromatic nitrogens is 3. The van der Waals surface area contributed by atoms with Crippen molar-refractivity contribution < 1.29 is 24.2 Å². The minimum absolute atomic E-state index is 0.0402. The lowest BCUT2D eigenvalue weighted by Crippen LogP contribution is -2.23. The zero-order chi connectivity index (χ0) is 23.7. The molecule has 172 valence electrons. The van der Waals surface area contributed by atoms with Crippen molar-refractivity contribution in [1.82, 2.24) is 14.5 Å². The van der Waals surface area contributed by atoms with E-state index >= 15 is 0 Å². The van der Waals surface area contributed by atoms with Crippen LogP contribution in [0, 0.1) is 0 Å². The first-order valence-corrected chi connectivity index (χ1v) is 11.7. The number of rotatable bonds is 9. The first-order chi connectivity index (χ1) is 16.5. The average molecular weight is 476 g/mol. The number of H-pyrrole nitrogens is 1. The molecule has 0 spiro atoms. The maximum Gasteiger partial charge on any atom is 0.327 e. The number of nitrogens with zero attached hydrogens (tertiary/aromatic N) is 2. The summed E-state index contributed by atoms with van der Waals surface area (Å²) < 4.78 is 7.82. The van der Waals surface area contributed by atoms with E-state index in [1.807, 2.05) is 48.5 Å². The molecule has 1 unspecified atom stereocenters. The summed E-state index contributed by atoms with van der Waals surface area (Å²) in [6.07, 6.45) is 4.93. The van der Waals surface area contributed by atoms with Crippen molar-refractivity contribution in [1.29, 1.82) is 0 Å². The van der Waals surface area contributed by atoms with E-state index in [0.717, 1.165) is 21.5 Å². The van der Waals surface area contributed by atoms with Gasteiger partial charge in [0.15, 0.2) is 5.76 Å². The van der Waals surface area contributed by atoms with Crippen molar-refractivity contribution in [3.63, 3.8) is 0 Å². The Morgan fingerprint density at radius 3 is 2.50 bits per heavy atom. The van der Waals surface area contributed by atoms with Crippen LogP contribution < -0.4 is 0 Å². The lowest BCUT2D eigenvalue weighted by Gasteiger charge is -2.20. The van der Waals surface area contributed by atoms with Gasteiger partial charge in [0.1, 0.15) is 6.04 Å². The van der Waals surface area contributed by atoms with Gasteiger partial charge < -0.3 is 24.2 Å². The molecule has 1 atom stereocenters. The first-order valence-electron chi connectivity index (χ1n) is 10.7. The number of hydrogen-bond donors (Lipinski definition) is 3. The van der Waals surface area contributed by atoms with Gasteiger partial charge in [-0.25, -0.2) is 9.78 Å². The Morgan fingerprint density at radius 1 is 1.06 bits per heavy atom. The van der Waals surface area contributed by atoms with Crippen molar-refractivity contribution in [3.8, 4) is 11.5 Å². The Morgan fingerprint density at radius 2 is 1.79 bits per heavy atom. The second-order valence-electron chi connectivity index (χ2n) is 7.85. The van der Waals surface area contributed by atoms with Gasteiger partial charge in [-0.05, 0) is 0 Å². The smallest absolute Gasteiger partial charge is 0.327 e. The predicted octanol–water partition coefficient (Wildman–Crippen LogP) is 5.21. The summed E-state index contributed by atoms with van der Waals surface area (Å²) in [6, 6.07) is 14.4. The van der Waals surface area contributed by atoms with E-state index < -0.39 is 18.0 Å². The quantitative estimate of drug-likeness (QED) is 0.250. The summed E-state index contributed by atoms with van der Waals surface area (Å²) in [6.45, 7) is 0. The highest BCUT2D eigenvalue weighted by atomic mass is 32.2. The van der Waals surface area contributed by atoms with Crippen molar-refractivity contribution in [2.45, 2.75) is 23.9 Å². The summed E-state index contributed by atoms with van der Waals surface area (Å²) >= 11 is 1.34. The molecule has 3 N–H and O–H groups in total. The van der Waals surface area contributed by atoms with Crippen LogP contribution >= 0.6 is 11.8 Å². The standard InChI is InChI=1S/C25H21N3O5S/c29-21(30)9-10-34-24-19-8-4-3-7-18(19)22(23-17-6-2-1-5-15(17)13-33-23)28(24)20(25(31)32)11-16-12-26-14-27-16/h1-8,12-14,20H,9-11H2,(H,26,27)(H,29,30)(H,31,32). The molecule has 8 nitrogen and oxygen atoms in total. The van der Waals surface area contributed by atoms with E-state index in [1.165, 1.54) is 18.1 Å². The number of thioether (sulfide) groups is 1. The number of hydrogen-bond acceptors (Lipinski definition) is 5. The predicted molar refractivity (Wildman–Crippen MR) is 129 cm³/mol. The number of furan rings is 1. The van der Waals surface area contributed by atoms with E-state index in [-0.39, 0.29) is 12.8 Å². The molecule has 0 bridgehead atoms. The minimum atomic E-state index is -1.01. The van der Waals surface area contributed by atoms with Crippen LogP contribution in [0.25, 0.3) is 33.0 Å². The van der Waals surface area contributed by atoms with Gasteiger partial charge in [0.05, 0.1) is 29.7 Å². The van der Waals surface area contributed by atoms with Crippen molar-refractivity contribution in [2.75, 3.05) is 5.75 Å². The molecule has 3 aromatic heterocycles. The Kier molecular flexibility index (Phi) is 5.85. The van der Waals surface area contributed by atoms with Crippen molar-refractivity contribution >= 4 is 45.2 Å². The van der Waals surface area contributed by atoms with Gasteiger partial charge in [0.2, 0.25) is 0 Å². The molecular weight excluding hydrogens is 454 g/mol. The molecule has 3 heterocycles. The van der Waals surface area contributed by atoms with Crippen LogP contribution in [0.5, 0.6) is 0 Å². The molecule has 5 rings (SSSR count).